The molecule has 1 amide bonds. The SMILES string of the molecule is COc1cc(OC)c(C2=CCN(C(=O)c3cc4cc(Cl)ccc4nc3C)CC2)c(OC)c1. The first-order chi connectivity index (χ1) is 15.4. The molecule has 3 aromatic rings. The van der Waals surface area contributed by atoms with E-state index < -0.39 is 0 Å². The molecular formula is C25H25ClN2O4. The van der Waals surface area contributed by atoms with Crippen molar-refractivity contribution in [1.82, 2.24) is 9.88 Å². The summed E-state index contributed by atoms with van der Waals surface area (Å²) in [6.45, 7) is 2.93. The average molecular weight is 453 g/mol. The first kappa shape index (κ1) is 22.0. The highest BCUT2D eigenvalue weighted by Crippen LogP contribution is 2.41. The van der Waals surface area contributed by atoms with E-state index in [0.717, 1.165) is 22.0 Å². The summed E-state index contributed by atoms with van der Waals surface area (Å²) in [5, 5.41) is 1.47. The van der Waals surface area contributed by atoms with Gasteiger partial charge in [0, 0.05) is 35.6 Å². The van der Waals surface area contributed by atoms with E-state index in [1.807, 2.05) is 42.2 Å². The Morgan fingerprint density at radius 2 is 1.75 bits per heavy atom. The predicted octanol–water partition coefficient (Wildman–Crippen LogP) is 5.15. The van der Waals surface area contributed by atoms with Crippen LogP contribution in [0.15, 0.2) is 42.5 Å². The van der Waals surface area contributed by atoms with Gasteiger partial charge in [-0.15, -0.1) is 0 Å². The highest BCUT2D eigenvalue weighted by atomic mass is 35.5. The van der Waals surface area contributed by atoms with Crippen molar-refractivity contribution in [3.05, 3.63) is 64.3 Å². The third-order valence-corrected chi connectivity index (χ3v) is 5.97. The van der Waals surface area contributed by atoms with E-state index in [2.05, 4.69) is 11.1 Å². The summed E-state index contributed by atoms with van der Waals surface area (Å²) in [7, 11) is 4.85. The number of benzene rings is 2. The number of pyridine rings is 1. The van der Waals surface area contributed by atoms with Crippen LogP contribution in [0.1, 0.15) is 28.0 Å². The van der Waals surface area contributed by atoms with Crippen molar-refractivity contribution in [2.45, 2.75) is 13.3 Å². The van der Waals surface area contributed by atoms with E-state index in [1.165, 1.54) is 0 Å². The van der Waals surface area contributed by atoms with Gasteiger partial charge in [0.25, 0.3) is 5.91 Å². The van der Waals surface area contributed by atoms with E-state index in [-0.39, 0.29) is 5.91 Å². The zero-order valence-electron chi connectivity index (χ0n) is 18.6. The van der Waals surface area contributed by atoms with Gasteiger partial charge in [0.2, 0.25) is 0 Å². The normalized spacial score (nSPS) is 13.7. The van der Waals surface area contributed by atoms with Crippen molar-refractivity contribution in [2.24, 2.45) is 0 Å². The molecule has 0 aliphatic carbocycles. The molecule has 166 valence electrons. The lowest BCUT2D eigenvalue weighted by atomic mass is 9.96. The molecular weight excluding hydrogens is 428 g/mol. The smallest absolute Gasteiger partial charge is 0.256 e. The Morgan fingerprint density at radius 1 is 1.03 bits per heavy atom. The zero-order chi connectivity index (χ0) is 22.8. The van der Waals surface area contributed by atoms with Gasteiger partial charge in [-0.05, 0) is 43.2 Å². The molecule has 1 aliphatic rings. The number of aryl methyl sites for hydroxylation is 1. The number of aromatic nitrogens is 1. The lowest BCUT2D eigenvalue weighted by Crippen LogP contribution is -2.35. The fourth-order valence-electron chi connectivity index (χ4n) is 4.03. The van der Waals surface area contributed by atoms with Gasteiger partial charge in [-0.2, -0.15) is 0 Å². The Bertz CT molecular complexity index is 1200. The standard InChI is InChI=1S/C25H25ClN2O4/c1-15-20(12-17-11-18(26)5-6-21(17)27-15)25(29)28-9-7-16(8-10-28)24-22(31-3)13-19(30-2)14-23(24)32-4/h5-7,11-14H,8-10H2,1-4H3. The van der Waals surface area contributed by atoms with E-state index >= 15 is 0 Å². The molecule has 0 atom stereocenters. The molecule has 7 heteroatoms. The molecule has 6 nitrogen and oxygen atoms in total. The lowest BCUT2D eigenvalue weighted by molar-refractivity contribution is 0.0772. The molecule has 1 aromatic heterocycles. The van der Waals surface area contributed by atoms with E-state index in [0.29, 0.717) is 53.0 Å². The Morgan fingerprint density at radius 3 is 2.34 bits per heavy atom. The summed E-state index contributed by atoms with van der Waals surface area (Å²) in [5.41, 5.74) is 4.09. The van der Waals surface area contributed by atoms with Gasteiger partial charge in [-0.1, -0.05) is 17.7 Å². The second-order valence-corrected chi connectivity index (χ2v) is 8.03. The summed E-state index contributed by atoms with van der Waals surface area (Å²) < 4.78 is 16.5. The Labute approximate surface area is 192 Å². The number of hydrogen-bond donors (Lipinski definition) is 0. The molecule has 2 heterocycles. The van der Waals surface area contributed by atoms with Gasteiger partial charge in [-0.3, -0.25) is 9.78 Å². The van der Waals surface area contributed by atoms with Crippen LogP contribution in [0.3, 0.4) is 0 Å². The van der Waals surface area contributed by atoms with Crippen molar-refractivity contribution in [1.29, 1.82) is 0 Å². The fraction of sp³-hybridized carbons (Fsp3) is 0.280. The number of fused-ring (bicyclic) bond motifs is 1. The van der Waals surface area contributed by atoms with Crippen LogP contribution in [-0.2, 0) is 0 Å². The summed E-state index contributed by atoms with van der Waals surface area (Å²) in [5.74, 6) is 1.98. The molecule has 0 bridgehead atoms. The molecule has 0 spiro atoms. The van der Waals surface area contributed by atoms with Crippen LogP contribution in [0.2, 0.25) is 5.02 Å². The van der Waals surface area contributed by atoms with Crippen molar-refractivity contribution < 1.29 is 19.0 Å². The highest BCUT2D eigenvalue weighted by molar-refractivity contribution is 6.31. The number of ether oxygens (including phenoxy) is 3. The highest BCUT2D eigenvalue weighted by Gasteiger charge is 2.25. The van der Waals surface area contributed by atoms with Gasteiger partial charge in [0.15, 0.2) is 0 Å². The Hall–Kier alpha value is -3.25. The molecule has 0 unspecified atom stereocenters. The first-order valence-corrected chi connectivity index (χ1v) is 10.7. The monoisotopic (exact) mass is 452 g/mol. The van der Waals surface area contributed by atoms with Gasteiger partial charge >= 0.3 is 0 Å². The number of nitrogens with zero attached hydrogens (tertiary/aromatic N) is 2. The summed E-state index contributed by atoms with van der Waals surface area (Å²) in [4.78, 5) is 19.7. The molecule has 2 aromatic carbocycles. The van der Waals surface area contributed by atoms with Gasteiger partial charge in [0.1, 0.15) is 17.2 Å². The van der Waals surface area contributed by atoms with E-state index in [9.17, 15) is 4.79 Å². The van der Waals surface area contributed by atoms with Gasteiger partial charge < -0.3 is 19.1 Å². The molecule has 0 radical (unpaired) electrons. The molecule has 0 saturated carbocycles. The number of methoxy groups -OCH3 is 3. The zero-order valence-corrected chi connectivity index (χ0v) is 19.3. The van der Waals surface area contributed by atoms with Crippen LogP contribution in [0.4, 0.5) is 0 Å². The minimum absolute atomic E-state index is 0.0409. The number of carbonyl (C=O) groups excluding carboxylic acids is 1. The summed E-state index contributed by atoms with van der Waals surface area (Å²) >= 11 is 6.12. The van der Waals surface area contributed by atoms with Crippen molar-refractivity contribution in [2.75, 3.05) is 34.4 Å². The van der Waals surface area contributed by atoms with E-state index in [1.54, 1.807) is 27.4 Å². The predicted molar refractivity (Wildman–Crippen MR) is 126 cm³/mol. The molecule has 0 saturated heterocycles. The van der Waals surface area contributed by atoms with Crippen LogP contribution in [0, 0.1) is 6.92 Å². The Kier molecular flexibility index (Phi) is 6.24. The van der Waals surface area contributed by atoms with Crippen molar-refractivity contribution in [3.63, 3.8) is 0 Å². The minimum Gasteiger partial charge on any atom is -0.496 e. The van der Waals surface area contributed by atoms with Crippen LogP contribution >= 0.6 is 11.6 Å². The number of amides is 1. The summed E-state index contributed by atoms with van der Waals surface area (Å²) in [6, 6.07) is 11.1. The van der Waals surface area contributed by atoms with Gasteiger partial charge in [-0.25, -0.2) is 0 Å². The Balaban J connectivity index is 1.62. The largest absolute Gasteiger partial charge is 0.496 e. The quantitative estimate of drug-likeness (QED) is 0.535. The number of hydrogen-bond acceptors (Lipinski definition) is 5. The molecule has 4 rings (SSSR count). The van der Waals surface area contributed by atoms with Crippen LogP contribution in [0.5, 0.6) is 17.2 Å². The lowest BCUT2D eigenvalue weighted by Gasteiger charge is -2.28. The van der Waals surface area contributed by atoms with Crippen LogP contribution < -0.4 is 14.2 Å². The maximum atomic E-state index is 13.3. The molecule has 32 heavy (non-hydrogen) atoms. The maximum absolute atomic E-state index is 13.3. The molecule has 1 aliphatic heterocycles. The second-order valence-electron chi connectivity index (χ2n) is 7.60. The summed E-state index contributed by atoms with van der Waals surface area (Å²) in [6.07, 6.45) is 2.73. The van der Waals surface area contributed by atoms with Crippen LogP contribution in [-0.4, -0.2) is 50.2 Å². The van der Waals surface area contributed by atoms with Crippen molar-refractivity contribution >= 4 is 34.0 Å². The fourth-order valence-corrected chi connectivity index (χ4v) is 4.21. The topological polar surface area (TPSA) is 60.9 Å². The van der Waals surface area contributed by atoms with Crippen molar-refractivity contribution in [3.8, 4) is 17.2 Å². The van der Waals surface area contributed by atoms with Gasteiger partial charge in [0.05, 0.1) is 43.7 Å². The third-order valence-electron chi connectivity index (χ3n) is 5.73. The average Bonchev–Trinajstić information content (AvgIpc) is 2.82. The second kappa shape index (κ2) is 9.09. The number of carbonyl (C=O) groups is 1. The van der Waals surface area contributed by atoms with Crippen LogP contribution in [0.25, 0.3) is 16.5 Å². The first-order valence-electron chi connectivity index (χ1n) is 10.3. The minimum atomic E-state index is -0.0409. The third kappa shape index (κ3) is 4.10. The molecule has 0 fully saturated rings. The molecule has 0 N–H and O–H groups in total. The number of halogens is 1. The van der Waals surface area contributed by atoms with E-state index in [4.69, 9.17) is 25.8 Å². The number of rotatable bonds is 5. The maximum Gasteiger partial charge on any atom is 0.256 e.